The van der Waals surface area contributed by atoms with Gasteiger partial charge in [0, 0.05) is 55.7 Å². The van der Waals surface area contributed by atoms with Crippen LogP contribution in [0.5, 0.6) is 0 Å². The van der Waals surface area contributed by atoms with Gasteiger partial charge in [0.05, 0.1) is 11.3 Å². The number of imidazole rings is 1. The number of hydrogen-bond acceptors (Lipinski definition) is 5. The van der Waals surface area contributed by atoms with Crippen LogP contribution in [0.2, 0.25) is 0 Å². The summed E-state index contributed by atoms with van der Waals surface area (Å²) in [5.41, 5.74) is 5.58. The molecule has 0 radical (unpaired) electrons. The summed E-state index contributed by atoms with van der Waals surface area (Å²) in [5, 5.41) is 0.905. The average molecular weight is 388 g/mol. The second-order valence-electron chi connectivity index (χ2n) is 8.02. The predicted molar refractivity (Wildman–Crippen MR) is 116 cm³/mol. The van der Waals surface area contributed by atoms with Crippen molar-refractivity contribution in [3.05, 3.63) is 64.3 Å². The number of likely N-dealkylation sites (N-methyl/N-ethyl adjacent to an activating group) is 1. The molecule has 148 valence electrons. The number of fused-ring (bicyclic) bond motifs is 2. The summed E-state index contributed by atoms with van der Waals surface area (Å²) in [7, 11) is 2.14. The first kappa shape index (κ1) is 17.9. The van der Waals surface area contributed by atoms with Gasteiger partial charge in [-0.3, -0.25) is 0 Å². The molecule has 0 unspecified atom stereocenters. The van der Waals surface area contributed by atoms with Crippen molar-refractivity contribution in [2.75, 3.05) is 38.1 Å². The molecule has 1 aromatic carbocycles. The molecule has 0 N–H and O–H groups in total. The molecule has 1 saturated heterocycles. The van der Waals surface area contributed by atoms with E-state index in [1.165, 1.54) is 0 Å². The molecule has 4 aromatic rings. The van der Waals surface area contributed by atoms with Crippen LogP contribution in [-0.2, 0) is 0 Å². The molecule has 0 spiro atoms. The van der Waals surface area contributed by atoms with Crippen molar-refractivity contribution in [3.63, 3.8) is 0 Å². The maximum Gasteiger partial charge on any atom is 0.345 e. The Balaban J connectivity index is 1.56. The number of anilines is 1. The van der Waals surface area contributed by atoms with Gasteiger partial charge in [0.2, 0.25) is 0 Å². The van der Waals surface area contributed by atoms with E-state index < -0.39 is 0 Å². The second-order valence-corrected chi connectivity index (χ2v) is 8.02. The zero-order valence-electron chi connectivity index (χ0n) is 17.0. The van der Waals surface area contributed by atoms with Crippen LogP contribution in [0.25, 0.3) is 27.9 Å². The Kier molecular flexibility index (Phi) is 4.17. The van der Waals surface area contributed by atoms with Gasteiger partial charge in [-0.15, -0.1) is 0 Å². The topological polar surface area (TPSA) is 54.0 Å². The van der Waals surface area contributed by atoms with Crippen LogP contribution >= 0.6 is 0 Å². The Morgan fingerprint density at radius 1 is 1.00 bits per heavy atom. The molecule has 1 fully saturated rings. The quantitative estimate of drug-likeness (QED) is 0.492. The van der Waals surface area contributed by atoms with E-state index in [4.69, 9.17) is 4.42 Å². The second kappa shape index (κ2) is 6.74. The summed E-state index contributed by atoms with van der Waals surface area (Å²) in [4.78, 5) is 22.1. The van der Waals surface area contributed by atoms with Crippen LogP contribution in [0.1, 0.15) is 11.1 Å². The number of nitrogens with zero attached hydrogens (tertiary/aromatic N) is 4. The Morgan fingerprint density at radius 3 is 2.59 bits per heavy atom. The normalized spacial score (nSPS) is 15.5. The first-order chi connectivity index (χ1) is 14.0. The molecule has 6 heteroatoms. The van der Waals surface area contributed by atoms with Crippen molar-refractivity contribution in [1.82, 2.24) is 14.3 Å². The zero-order chi connectivity index (χ0) is 20.1. The van der Waals surface area contributed by atoms with Crippen LogP contribution in [0, 0.1) is 13.8 Å². The summed E-state index contributed by atoms with van der Waals surface area (Å²) >= 11 is 0. The van der Waals surface area contributed by atoms with Crippen molar-refractivity contribution in [1.29, 1.82) is 0 Å². The highest BCUT2D eigenvalue weighted by Crippen LogP contribution is 2.26. The highest BCUT2D eigenvalue weighted by molar-refractivity contribution is 5.84. The summed E-state index contributed by atoms with van der Waals surface area (Å²) in [5.74, 6) is 0. The fraction of sp³-hybridized carbons (Fsp3) is 0.304. The number of hydrogen-bond donors (Lipinski definition) is 0. The third-order valence-corrected chi connectivity index (χ3v) is 5.74. The lowest BCUT2D eigenvalue weighted by atomic mass is 10.1. The number of aryl methyl sites for hydroxylation is 2. The minimum atomic E-state index is -0.356. The summed E-state index contributed by atoms with van der Waals surface area (Å²) in [6.45, 7) is 8.10. The summed E-state index contributed by atoms with van der Waals surface area (Å²) < 4.78 is 7.68. The van der Waals surface area contributed by atoms with E-state index in [1.54, 1.807) is 0 Å². The van der Waals surface area contributed by atoms with Crippen molar-refractivity contribution in [3.8, 4) is 11.3 Å². The third-order valence-electron chi connectivity index (χ3n) is 5.74. The molecule has 0 bridgehead atoms. The molecule has 0 atom stereocenters. The van der Waals surface area contributed by atoms with Gasteiger partial charge in [-0.25, -0.2) is 9.78 Å². The molecule has 5 rings (SSSR count). The van der Waals surface area contributed by atoms with E-state index in [1.807, 2.05) is 41.9 Å². The van der Waals surface area contributed by atoms with Gasteiger partial charge in [0.15, 0.2) is 0 Å². The largest absolute Gasteiger partial charge is 0.422 e. The van der Waals surface area contributed by atoms with Crippen molar-refractivity contribution < 1.29 is 4.42 Å². The van der Waals surface area contributed by atoms with Crippen LogP contribution < -0.4 is 10.5 Å². The number of piperazine rings is 1. The molecule has 3 aromatic heterocycles. The molecule has 0 aliphatic carbocycles. The van der Waals surface area contributed by atoms with Crippen LogP contribution in [-0.4, -0.2) is 47.5 Å². The Hall–Kier alpha value is -3.12. The Labute approximate surface area is 169 Å². The van der Waals surface area contributed by atoms with E-state index in [2.05, 4.69) is 40.9 Å². The lowest BCUT2D eigenvalue weighted by molar-refractivity contribution is 0.313. The molecular weight excluding hydrogens is 364 g/mol. The molecule has 6 nitrogen and oxygen atoms in total. The van der Waals surface area contributed by atoms with Gasteiger partial charge in [-0.1, -0.05) is 6.07 Å². The lowest BCUT2D eigenvalue weighted by Crippen LogP contribution is -2.44. The highest BCUT2D eigenvalue weighted by atomic mass is 16.4. The fourth-order valence-electron chi connectivity index (χ4n) is 4.12. The summed E-state index contributed by atoms with van der Waals surface area (Å²) in [6.07, 6.45) is 3.91. The predicted octanol–water partition coefficient (Wildman–Crippen LogP) is 3.48. The van der Waals surface area contributed by atoms with Gasteiger partial charge in [0.1, 0.15) is 11.2 Å². The summed E-state index contributed by atoms with van der Waals surface area (Å²) in [6, 6.07) is 10.1. The van der Waals surface area contributed by atoms with Gasteiger partial charge < -0.3 is 18.6 Å². The SMILES string of the molecule is Cc1cc(C)c2nc(-c3cc4ccc(N5CCN(C)CC5)cc4oc3=O)cn2c1. The smallest absolute Gasteiger partial charge is 0.345 e. The van der Waals surface area contributed by atoms with Crippen molar-refractivity contribution in [2.24, 2.45) is 0 Å². The minimum Gasteiger partial charge on any atom is -0.422 e. The van der Waals surface area contributed by atoms with Gasteiger partial charge in [0.25, 0.3) is 0 Å². The minimum absolute atomic E-state index is 0.356. The van der Waals surface area contributed by atoms with E-state index in [9.17, 15) is 4.79 Å². The van der Waals surface area contributed by atoms with Crippen LogP contribution in [0.3, 0.4) is 0 Å². The fourth-order valence-corrected chi connectivity index (χ4v) is 4.12. The number of pyridine rings is 1. The average Bonchev–Trinajstić information content (AvgIpc) is 3.11. The van der Waals surface area contributed by atoms with Crippen LogP contribution in [0.15, 0.2) is 51.9 Å². The molecular formula is C23H24N4O2. The van der Waals surface area contributed by atoms with E-state index in [0.717, 1.165) is 54.0 Å². The van der Waals surface area contributed by atoms with Gasteiger partial charge in [-0.05, 0) is 50.2 Å². The molecule has 4 heterocycles. The standard InChI is InChI=1S/C23H24N4O2/c1-15-10-16(2)22-24-20(14-27(22)13-15)19-11-17-4-5-18(12-21(17)29-23(19)28)26-8-6-25(3)7-9-26/h4-5,10-14H,6-9H2,1-3H3. The lowest BCUT2D eigenvalue weighted by Gasteiger charge is -2.34. The van der Waals surface area contributed by atoms with E-state index >= 15 is 0 Å². The molecule has 29 heavy (non-hydrogen) atoms. The maximum absolute atomic E-state index is 12.8. The molecule has 1 aliphatic rings. The Morgan fingerprint density at radius 2 is 1.79 bits per heavy atom. The molecule has 0 amide bonds. The van der Waals surface area contributed by atoms with Crippen LogP contribution in [0.4, 0.5) is 5.69 Å². The zero-order valence-corrected chi connectivity index (χ0v) is 17.0. The molecule has 1 aliphatic heterocycles. The first-order valence-corrected chi connectivity index (χ1v) is 9.96. The van der Waals surface area contributed by atoms with Crippen molar-refractivity contribution >= 4 is 22.3 Å². The first-order valence-electron chi connectivity index (χ1n) is 9.96. The van der Waals surface area contributed by atoms with Gasteiger partial charge in [-0.2, -0.15) is 0 Å². The van der Waals surface area contributed by atoms with Crippen molar-refractivity contribution in [2.45, 2.75) is 13.8 Å². The maximum atomic E-state index is 12.8. The number of benzene rings is 1. The van der Waals surface area contributed by atoms with Gasteiger partial charge >= 0.3 is 5.63 Å². The highest BCUT2D eigenvalue weighted by Gasteiger charge is 2.17. The number of rotatable bonds is 2. The Bertz CT molecular complexity index is 1280. The third kappa shape index (κ3) is 3.19. The molecule has 0 saturated carbocycles. The number of aromatic nitrogens is 2. The van der Waals surface area contributed by atoms with E-state index in [0.29, 0.717) is 16.8 Å². The van der Waals surface area contributed by atoms with E-state index in [-0.39, 0.29) is 5.63 Å². The monoisotopic (exact) mass is 388 g/mol.